The molecule has 4 heteroatoms. The summed E-state index contributed by atoms with van der Waals surface area (Å²) in [5, 5.41) is 13.9. The fourth-order valence-corrected chi connectivity index (χ4v) is 3.49. The average Bonchev–Trinajstić information content (AvgIpc) is 2.88. The molecule has 0 saturated carbocycles. The monoisotopic (exact) mass is 314 g/mol. The lowest BCUT2D eigenvalue weighted by Crippen LogP contribution is -1.93. The van der Waals surface area contributed by atoms with Crippen LogP contribution in [0.1, 0.15) is 10.4 Å². The molecule has 0 radical (unpaired) electrons. The lowest BCUT2D eigenvalue weighted by Gasteiger charge is -2.06. The Bertz CT molecular complexity index is 834. The minimum Gasteiger partial charge on any atom is -0.478 e. The molecule has 0 atom stereocenters. The molecule has 0 spiro atoms. The number of fused-ring (bicyclic) bond motifs is 1. The molecule has 3 aromatic rings. The van der Waals surface area contributed by atoms with Crippen molar-refractivity contribution in [3.63, 3.8) is 0 Å². The Balaban J connectivity index is 2.23. The zero-order chi connectivity index (χ0) is 14.8. The summed E-state index contributed by atoms with van der Waals surface area (Å²) in [5.74, 6) is -0.954. The quantitative estimate of drug-likeness (QED) is 0.685. The van der Waals surface area contributed by atoms with Crippen LogP contribution in [0.15, 0.2) is 60.0 Å². The molecule has 2 aromatic carbocycles. The van der Waals surface area contributed by atoms with Crippen molar-refractivity contribution >= 4 is 45.3 Å². The fourth-order valence-electron chi connectivity index (χ4n) is 2.25. The van der Waals surface area contributed by atoms with Crippen LogP contribution in [0.5, 0.6) is 0 Å². The lowest BCUT2D eigenvalue weighted by atomic mass is 10.0. The van der Waals surface area contributed by atoms with E-state index in [1.807, 2.05) is 53.9 Å². The van der Waals surface area contributed by atoms with Crippen molar-refractivity contribution in [1.29, 1.82) is 0 Å². The molecular weight excluding hydrogens is 304 g/mol. The van der Waals surface area contributed by atoms with Crippen molar-refractivity contribution in [1.82, 2.24) is 0 Å². The first-order valence-corrected chi connectivity index (χ1v) is 7.58. The Labute approximate surface area is 130 Å². The maximum Gasteiger partial charge on any atom is 0.328 e. The summed E-state index contributed by atoms with van der Waals surface area (Å²) >= 11 is 7.53. The summed E-state index contributed by atoms with van der Waals surface area (Å²) in [6.07, 6.45) is 1.26. The molecule has 0 bridgehead atoms. The molecule has 0 aliphatic heterocycles. The molecule has 3 rings (SSSR count). The van der Waals surface area contributed by atoms with Gasteiger partial charge in [0.2, 0.25) is 0 Å². The smallest absolute Gasteiger partial charge is 0.328 e. The van der Waals surface area contributed by atoms with E-state index in [2.05, 4.69) is 0 Å². The number of carboxylic acid groups (broad SMARTS) is 1. The third-order valence-electron chi connectivity index (χ3n) is 3.16. The van der Waals surface area contributed by atoms with Crippen LogP contribution >= 0.6 is 22.9 Å². The van der Waals surface area contributed by atoms with Gasteiger partial charge >= 0.3 is 5.97 Å². The Morgan fingerprint density at radius 1 is 1.14 bits per heavy atom. The fraction of sp³-hybridized carbons (Fsp3) is 0. The van der Waals surface area contributed by atoms with Crippen molar-refractivity contribution in [2.24, 2.45) is 0 Å². The van der Waals surface area contributed by atoms with Gasteiger partial charge in [0.1, 0.15) is 0 Å². The molecule has 2 nitrogen and oxygen atoms in total. The van der Waals surface area contributed by atoms with Crippen molar-refractivity contribution in [2.45, 2.75) is 0 Å². The van der Waals surface area contributed by atoms with Crippen LogP contribution in [0.4, 0.5) is 0 Å². The third-order valence-corrected chi connectivity index (χ3v) is 4.44. The Morgan fingerprint density at radius 3 is 2.62 bits per heavy atom. The highest BCUT2D eigenvalue weighted by atomic mass is 35.5. The first kappa shape index (κ1) is 13.9. The number of rotatable bonds is 3. The molecule has 0 aliphatic carbocycles. The van der Waals surface area contributed by atoms with Crippen LogP contribution in [0, 0.1) is 0 Å². The molecule has 1 N–H and O–H groups in total. The Kier molecular flexibility index (Phi) is 3.78. The average molecular weight is 315 g/mol. The van der Waals surface area contributed by atoms with E-state index in [0.29, 0.717) is 10.6 Å². The predicted octanol–water partition coefficient (Wildman–Crippen LogP) is 5.07. The van der Waals surface area contributed by atoms with Crippen LogP contribution in [0.3, 0.4) is 0 Å². The highest BCUT2D eigenvalue weighted by Crippen LogP contribution is 2.36. The van der Waals surface area contributed by atoms with Gasteiger partial charge < -0.3 is 5.11 Å². The SMILES string of the molecule is O=C(O)C=C(c1ccccc1)c1scc2cc(Cl)ccc12. The van der Waals surface area contributed by atoms with Gasteiger partial charge in [-0.1, -0.05) is 48.0 Å². The van der Waals surface area contributed by atoms with Gasteiger partial charge in [-0.3, -0.25) is 0 Å². The summed E-state index contributed by atoms with van der Waals surface area (Å²) in [7, 11) is 0. The van der Waals surface area contributed by atoms with Gasteiger partial charge in [0.25, 0.3) is 0 Å². The van der Waals surface area contributed by atoms with E-state index in [4.69, 9.17) is 16.7 Å². The second kappa shape index (κ2) is 5.72. The number of thiophene rings is 1. The number of aliphatic carboxylic acids is 1. The number of carbonyl (C=O) groups is 1. The molecular formula is C17H11ClO2S. The van der Waals surface area contributed by atoms with Crippen molar-refractivity contribution in [3.05, 3.63) is 75.5 Å². The summed E-state index contributed by atoms with van der Waals surface area (Å²) < 4.78 is 0. The highest BCUT2D eigenvalue weighted by Gasteiger charge is 2.13. The molecule has 1 aromatic heterocycles. The molecule has 0 fully saturated rings. The second-order valence-corrected chi connectivity index (χ2v) is 5.87. The maximum absolute atomic E-state index is 11.2. The standard InChI is InChI=1S/C17H11ClO2S/c18-13-6-7-14-12(8-13)10-21-17(14)15(9-16(19)20)11-4-2-1-3-5-11/h1-10H,(H,19,20). The van der Waals surface area contributed by atoms with E-state index in [1.165, 1.54) is 17.4 Å². The first-order valence-electron chi connectivity index (χ1n) is 6.32. The van der Waals surface area contributed by atoms with Crippen molar-refractivity contribution in [3.8, 4) is 0 Å². The zero-order valence-corrected chi connectivity index (χ0v) is 12.5. The normalized spacial score (nSPS) is 11.8. The molecule has 0 amide bonds. The van der Waals surface area contributed by atoms with Crippen LogP contribution in [0.25, 0.3) is 16.3 Å². The van der Waals surface area contributed by atoms with Gasteiger partial charge in [0.15, 0.2) is 0 Å². The minimum atomic E-state index is -0.954. The molecule has 1 heterocycles. The lowest BCUT2D eigenvalue weighted by molar-refractivity contribution is -0.131. The molecule has 0 saturated heterocycles. The van der Waals surface area contributed by atoms with Crippen LogP contribution in [-0.2, 0) is 4.79 Å². The summed E-state index contributed by atoms with van der Waals surface area (Å²) in [4.78, 5) is 12.1. The van der Waals surface area contributed by atoms with Crippen LogP contribution < -0.4 is 0 Å². The van der Waals surface area contributed by atoms with Gasteiger partial charge in [0.05, 0.1) is 0 Å². The van der Waals surface area contributed by atoms with Crippen molar-refractivity contribution in [2.75, 3.05) is 0 Å². The summed E-state index contributed by atoms with van der Waals surface area (Å²) in [6.45, 7) is 0. The summed E-state index contributed by atoms with van der Waals surface area (Å²) in [6, 6.07) is 15.2. The minimum absolute atomic E-state index is 0.676. The van der Waals surface area contributed by atoms with E-state index in [1.54, 1.807) is 0 Å². The number of hydrogen-bond donors (Lipinski definition) is 1. The number of halogens is 1. The Hall–Kier alpha value is -2.10. The van der Waals surface area contributed by atoms with Gasteiger partial charge in [-0.2, -0.15) is 0 Å². The molecule has 0 unspecified atom stereocenters. The highest BCUT2D eigenvalue weighted by molar-refractivity contribution is 7.13. The van der Waals surface area contributed by atoms with Crippen molar-refractivity contribution < 1.29 is 9.90 Å². The topological polar surface area (TPSA) is 37.3 Å². The number of carboxylic acids is 1. The predicted molar refractivity (Wildman–Crippen MR) is 88.0 cm³/mol. The van der Waals surface area contributed by atoms with Gasteiger partial charge in [-0.25, -0.2) is 4.79 Å². The number of benzene rings is 2. The second-order valence-electron chi connectivity index (χ2n) is 4.56. The van der Waals surface area contributed by atoms with E-state index >= 15 is 0 Å². The molecule has 0 aliphatic rings. The van der Waals surface area contributed by atoms with Gasteiger partial charge in [-0.05, 0) is 28.5 Å². The largest absolute Gasteiger partial charge is 0.478 e. The Morgan fingerprint density at radius 2 is 1.90 bits per heavy atom. The van der Waals surface area contributed by atoms with E-state index in [-0.39, 0.29) is 0 Å². The zero-order valence-electron chi connectivity index (χ0n) is 10.9. The maximum atomic E-state index is 11.2. The summed E-state index contributed by atoms with van der Waals surface area (Å²) in [5.41, 5.74) is 1.60. The van der Waals surface area contributed by atoms with Crippen LogP contribution in [0.2, 0.25) is 5.02 Å². The number of hydrogen-bond acceptors (Lipinski definition) is 2. The molecule has 104 valence electrons. The van der Waals surface area contributed by atoms with Gasteiger partial charge in [0, 0.05) is 26.9 Å². The van der Waals surface area contributed by atoms with Crippen LogP contribution in [-0.4, -0.2) is 11.1 Å². The van der Waals surface area contributed by atoms with E-state index in [9.17, 15) is 4.79 Å². The third kappa shape index (κ3) is 2.84. The first-order chi connectivity index (χ1) is 10.1. The van der Waals surface area contributed by atoms with E-state index < -0.39 is 5.97 Å². The van der Waals surface area contributed by atoms with Gasteiger partial charge in [-0.15, -0.1) is 11.3 Å². The molecule has 21 heavy (non-hydrogen) atoms. The van der Waals surface area contributed by atoms with E-state index in [0.717, 1.165) is 21.2 Å².